The number of nitrogens with zero attached hydrogens (tertiary/aromatic N) is 1. The fraction of sp³-hybridized carbons (Fsp3) is 0.417. The van der Waals surface area contributed by atoms with Crippen LogP contribution in [-0.4, -0.2) is 33.7 Å². The van der Waals surface area contributed by atoms with E-state index in [4.69, 9.17) is 10.5 Å². The number of anilines is 1. The average Bonchev–Trinajstić information content (AvgIpc) is 2.33. The van der Waals surface area contributed by atoms with E-state index in [-0.39, 0.29) is 0 Å². The van der Waals surface area contributed by atoms with Crippen LogP contribution in [-0.2, 0) is 14.8 Å². The lowest BCUT2D eigenvalue weighted by molar-refractivity contribution is -0.119. The predicted octanol–water partition coefficient (Wildman–Crippen LogP) is 0.725. The van der Waals surface area contributed by atoms with Gasteiger partial charge in [-0.2, -0.15) is 0 Å². The molecule has 19 heavy (non-hydrogen) atoms. The van der Waals surface area contributed by atoms with Crippen LogP contribution in [0.5, 0.6) is 5.75 Å². The third kappa shape index (κ3) is 3.60. The van der Waals surface area contributed by atoms with Crippen molar-refractivity contribution in [3.63, 3.8) is 0 Å². The van der Waals surface area contributed by atoms with Crippen LogP contribution in [0.4, 0.5) is 5.69 Å². The van der Waals surface area contributed by atoms with E-state index in [0.29, 0.717) is 17.9 Å². The Morgan fingerprint density at radius 3 is 2.53 bits per heavy atom. The highest BCUT2D eigenvalue weighted by Gasteiger charge is 2.30. The minimum Gasteiger partial charge on any atom is -0.497 e. The number of hydrogen-bond donors (Lipinski definition) is 1. The fourth-order valence-electron chi connectivity index (χ4n) is 1.83. The molecule has 0 radical (unpaired) electrons. The SMILES string of the molecule is CC[C@@H](C(N)=O)N(c1cccc(OC)c1)S(C)(=O)=O. The lowest BCUT2D eigenvalue weighted by Crippen LogP contribution is -2.47. The number of rotatable bonds is 6. The Bertz CT molecular complexity index is 557. The Labute approximate surface area is 113 Å². The van der Waals surface area contributed by atoms with Crippen molar-refractivity contribution >= 4 is 21.6 Å². The van der Waals surface area contributed by atoms with E-state index >= 15 is 0 Å². The van der Waals surface area contributed by atoms with Crippen molar-refractivity contribution in [1.29, 1.82) is 0 Å². The number of carbonyl (C=O) groups excluding carboxylic acids is 1. The Morgan fingerprint density at radius 2 is 2.11 bits per heavy atom. The first-order valence-electron chi connectivity index (χ1n) is 5.74. The van der Waals surface area contributed by atoms with Gasteiger partial charge in [-0.15, -0.1) is 0 Å². The second kappa shape index (κ2) is 5.92. The van der Waals surface area contributed by atoms with E-state index in [1.165, 1.54) is 7.11 Å². The van der Waals surface area contributed by atoms with Crippen molar-refractivity contribution in [3.8, 4) is 5.75 Å². The van der Waals surface area contributed by atoms with Crippen molar-refractivity contribution in [2.75, 3.05) is 17.7 Å². The molecule has 2 N–H and O–H groups in total. The predicted molar refractivity (Wildman–Crippen MR) is 73.6 cm³/mol. The number of hydrogen-bond acceptors (Lipinski definition) is 4. The van der Waals surface area contributed by atoms with Crippen LogP contribution in [0.1, 0.15) is 13.3 Å². The molecule has 6 nitrogen and oxygen atoms in total. The van der Waals surface area contributed by atoms with Crippen molar-refractivity contribution in [2.24, 2.45) is 5.73 Å². The van der Waals surface area contributed by atoms with Crippen molar-refractivity contribution in [2.45, 2.75) is 19.4 Å². The van der Waals surface area contributed by atoms with Crippen LogP contribution in [0, 0.1) is 0 Å². The number of sulfonamides is 1. The Balaban J connectivity index is 3.35. The van der Waals surface area contributed by atoms with Crippen LogP contribution in [0.15, 0.2) is 24.3 Å². The van der Waals surface area contributed by atoms with E-state index in [1.54, 1.807) is 31.2 Å². The van der Waals surface area contributed by atoms with Crippen molar-refractivity contribution in [3.05, 3.63) is 24.3 Å². The standard InChI is InChI=1S/C12H18N2O4S/c1-4-11(12(13)15)14(19(3,16)17)9-6-5-7-10(8-9)18-2/h5-8,11H,4H2,1-3H3,(H2,13,15)/t11-/m0/s1. The Kier molecular flexibility index (Phi) is 4.77. The van der Waals surface area contributed by atoms with Crippen LogP contribution in [0.25, 0.3) is 0 Å². The maximum Gasteiger partial charge on any atom is 0.241 e. The summed E-state index contributed by atoms with van der Waals surface area (Å²) in [5.74, 6) is -0.179. The first-order valence-corrected chi connectivity index (χ1v) is 7.58. The zero-order valence-corrected chi connectivity index (χ0v) is 12.0. The molecular weight excluding hydrogens is 268 g/mol. The summed E-state index contributed by atoms with van der Waals surface area (Å²) in [4.78, 5) is 11.4. The Hall–Kier alpha value is -1.76. The minimum absolute atomic E-state index is 0.291. The molecule has 1 aromatic rings. The first-order chi connectivity index (χ1) is 8.81. The largest absolute Gasteiger partial charge is 0.497 e. The highest BCUT2D eigenvalue weighted by Crippen LogP contribution is 2.26. The molecule has 0 aliphatic rings. The highest BCUT2D eigenvalue weighted by atomic mass is 32.2. The Morgan fingerprint density at radius 1 is 1.47 bits per heavy atom. The van der Waals surface area contributed by atoms with Crippen molar-refractivity contribution in [1.82, 2.24) is 0 Å². The molecule has 0 fully saturated rings. The fourth-order valence-corrected chi connectivity index (χ4v) is 3.04. The summed E-state index contributed by atoms with van der Waals surface area (Å²) in [6, 6.07) is 5.57. The number of ether oxygens (including phenoxy) is 1. The van der Waals surface area contributed by atoms with E-state index < -0.39 is 22.0 Å². The summed E-state index contributed by atoms with van der Waals surface area (Å²) in [7, 11) is -2.14. The summed E-state index contributed by atoms with van der Waals surface area (Å²) < 4.78 is 29.9. The van der Waals surface area contributed by atoms with Gasteiger partial charge in [0.05, 0.1) is 19.1 Å². The summed E-state index contributed by atoms with van der Waals surface area (Å²) in [5.41, 5.74) is 5.63. The number of amides is 1. The van der Waals surface area contributed by atoms with E-state index in [9.17, 15) is 13.2 Å². The summed E-state index contributed by atoms with van der Waals surface area (Å²) in [6.45, 7) is 1.70. The smallest absolute Gasteiger partial charge is 0.241 e. The van der Waals surface area contributed by atoms with Gasteiger partial charge in [0.25, 0.3) is 0 Å². The van der Waals surface area contributed by atoms with Gasteiger partial charge in [0, 0.05) is 6.07 Å². The molecule has 0 spiro atoms. The summed E-state index contributed by atoms with van der Waals surface area (Å²) in [5, 5.41) is 0. The molecule has 7 heteroatoms. The number of nitrogens with two attached hydrogens (primary N) is 1. The maximum absolute atomic E-state index is 11.9. The zero-order valence-electron chi connectivity index (χ0n) is 11.2. The molecule has 0 heterocycles. The van der Waals surface area contributed by atoms with Gasteiger partial charge in [0.2, 0.25) is 15.9 Å². The topological polar surface area (TPSA) is 89.7 Å². The minimum atomic E-state index is -3.62. The number of carbonyl (C=O) groups is 1. The van der Waals surface area contributed by atoms with E-state index in [0.717, 1.165) is 10.6 Å². The molecule has 0 aliphatic carbocycles. The van der Waals surface area contributed by atoms with Crippen LogP contribution >= 0.6 is 0 Å². The van der Waals surface area contributed by atoms with Gasteiger partial charge in [-0.25, -0.2) is 8.42 Å². The number of benzene rings is 1. The van der Waals surface area contributed by atoms with Gasteiger partial charge in [-0.3, -0.25) is 9.10 Å². The number of methoxy groups -OCH3 is 1. The summed E-state index contributed by atoms with van der Waals surface area (Å²) in [6.07, 6.45) is 1.33. The zero-order chi connectivity index (χ0) is 14.6. The molecule has 1 rings (SSSR count). The lowest BCUT2D eigenvalue weighted by atomic mass is 10.2. The molecule has 1 aromatic carbocycles. The van der Waals surface area contributed by atoms with Gasteiger partial charge >= 0.3 is 0 Å². The molecular formula is C12H18N2O4S. The second-order valence-corrected chi connectivity index (χ2v) is 5.95. The van der Waals surface area contributed by atoms with Gasteiger partial charge in [-0.1, -0.05) is 13.0 Å². The van der Waals surface area contributed by atoms with E-state index in [2.05, 4.69) is 0 Å². The highest BCUT2D eigenvalue weighted by molar-refractivity contribution is 7.92. The summed E-state index contributed by atoms with van der Waals surface area (Å²) >= 11 is 0. The van der Waals surface area contributed by atoms with Gasteiger partial charge < -0.3 is 10.5 Å². The van der Waals surface area contributed by atoms with Gasteiger partial charge in [0.1, 0.15) is 11.8 Å². The quantitative estimate of drug-likeness (QED) is 0.834. The molecule has 0 unspecified atom stereocenters. The van der Waals surface area contributed by atoms with Crippen molar-refractivity contribution < 1.29 is 17.9 Å². The molecule has 0 aromatic heterocycles. The van der Waals surface area contributed by atoms with Crippen LogP contribution in [0.3, 0.4) is 0 Å². The third-order valence-electron chi connectivity index (χ3n) is 2.66. The molecule has 0 saturated heterocycles. The maximum atomic E-state index is 11.9. The van der Waals surface area contributed by atoms with Crippen LogP contribution in [0.2, 0.25) is 0 Å². The first kappa shape index (κ1) is 15.3. The monoisotopic (exact) mass is 286 g/mol. The lowest BCUT2D eigenvalue weighted by Gasteiger charge is -2.28. The van der Waals surface area contributed by atoms with Crippen LogP contribution < -0.4 is 14.8 Å². The number of primary amides is 1. The normalized spacial score (nSPS) is 12.8. The molecule has 106 valence electrons. The van der Waals surface area contributed by atoms with Gasteiger partial charge in [-0.05, 0) is 18.6 Å². The van der Waals surface area contributed by atoms with E-state index in [1.807, 2.05) is 0 Å². The molecule has 0 saturated carbocycles. The molecule has 0 aliphatic heterocycles. The van der Waals surface area contributed by atoms with Gasteiger partial charge in [0.15, 0.2) is 0 Å². The molecule has 1 amide bonds. The second-order valence-electron chi connectivity index (χ2n) is 4.09. The molecule has 0 bridgehead atoms. The molecule has 1 atom stereocenters. The third-order valence-corrected chi connectivity index (χ3v) is 3.84. The average molecular weight is 286 g/mol.